The summed E-state index contributed by atoms with van der Waals surface area (Å²) in [6, 6.07) is 8.52. The summed E-state index contributed by atoms with van der Waals surface area (Å²) in [6.07, 6.45) is 11.7. The number of carbonyl (C=O) groups excluding carboxylic acids is 1. The monoisotopic (exact) mass is 465 g/mol. The number of amides is 1. The van der Waals surface area contributed by atoms with E-state index in [9.17, 15) is 4.79 Å². The number of unbranched alkanes of at least 4 members (excludes halogenated alkanes) is 1. The van der Waals surface area contributed by atoms with E-state index in [4.69, 9.17) is 10.2 Å². The molecular weight excluding hydrogens is 430 g/mol. The summed E-state index contributed by atoms with van der Waals surface area (Å²) in [5.74, 6) is 1.08. The number of rotatable bonds is 11. The van der Waals surface area contributed by atoms with Gasteiger partial charge in [0.1, 0.15) is 5.52 Å². The molecule has 1 aliphatic rings. The molecule has 1 unspecified atom stereocenters. The van der Waals surface area contributed by atoms with Crippen molar-refractivity contribution in [2.24, 2.45) is 0 Å². The summed E-state index contributed by atoms with van der Waals surface area (Å²) in [5, 5.41) is 15.9. The van der Waals surface area contributed by atoms with Gasteiger partial charge in [-0.05, 0) is 43.2 Å². The molecule has 4 rings (SSSR count). The van der Waals surface area contributed by atoms with Gasteiger partial charge >= 0.3 is 0 Å². The number of benzene rings is 1. The number of hydrogen-bond donors (Lipinski definition) is 5. The van der Waals surface area contributed by atoms with Gasteiger partial charge in [-0.2, -0.15) is 9.97 Å². The zero-order chi connectivity index (χ0) is 23.8. The number of hydrogen-bond acceptors (Lipinski definition) is 7. The largest absolute Gasteiger partial charge is 0.365 e. The van der Waals surface area contributed by atoms with Crippen molar-refractivity contribution in [3.05, 3.63) is 36.2 Å². The fraction of sp³-hybridized carbons (Fsp3) is 0.520. The van der Waals surface area contributed by atoms with Crippen molar-refractivity contribution in [1.82, 2.24) is 25.4 Å². The van der Waals surface area contributed by atoms with Gasteiger partial charge in [0.05, 0.1) is 6.33 Å². The first-order valence-electron chi connectivity index (χ1n) is 12.4. The molecule has 1 fully saturated rings. The van der Waals surface area contributed by atoms with Crippen LogP contribution in [0.15, 0.2) is 30.6 Å². The van der Waals surface area contributed by atoms with Crippen LogP contribution in [0.2, 0.25) is 0 Å². The summed E-state index contributed by atoms with van der Waals surface area (Å²) in [4.78, 5) is 28.7. The van der Waals surface area contributed by atoms with E-state index in [2.05, 4.69) is 38.6 Å². The molecule has 9 heteroatoms. The highest BCUT2D eigenvalue weighted by molar-refractivity contribution is 5.84. The van der Waals surface area contributed by atoms with Crippen molar-refractivity contribution in [2.45, 2.75) is 83.1 Å². The van der Waals surface area contributed by atoms with Crippen LogP contribution in [0, 0.1) is 0 Å². The first-order chi connectivity index (χ1) is 16.7. The van der Waals surface area contributed by atoms with E-state index < -0.39 is 0 Å². The van der Waals surface area contributed by atoms with Crippen LogP contribution in [-0.4, -0.2) is 37.1 Å². The Bertz CT molecular complexity index is 1080. The standard InChI is InChI=1S/C25H35N7O2/c1-2-3-9-17(14-15-21(33)32-34)19-12-7-8-13-20(19)29-25-30-23-22(26-16-27-23)24(31-25)28-18-10-5-4-6-11-18/h7-8,12-13,16-18,34H,2-6,9-11,14-15H2,1H3,(H,32,33)(H3,26,27,28,29,30,31). The number of hydroxylamine groups is 1. The van der Waals surface area contributed by atoms with Crippen molar-refractivity contribution < 1.29 is 10.0 Å². The Labute approximate surface area is 200 Å². The Balaban J connectivity index is 1.59. The van der Waals surface area contributed by atoms with E-state index in [1.807, 2.05) is 18.2 Å². The molecule has 182 valence electrons. The summed E-state index contributed by atoms with van der Waals surface area (Å²) in [7, 11) is 0. The number of nitrogens with one attached hydrogen (secondary N) is 4. The lowest BCUT2D eigenvalue weighted by Crippen LogP contribution is -2.23. The molecule has 2 heterocycles. The predicted octanol–water partition coefficient (Wildman–Crippen LogP) is 5.40. The zero-order valence-electron chi connectivity index (χ0n) is 19.8. The van der Waals surface area contributed by atoms with Crippen LogP contribution >= 0.6 is 0 Å². The van der Waals surface area contributed by atoms with Crippen LogP contribution in [0.4, 0.5) is 17.5 Å². The second-order valence-electron chi connectivity index (χ2n) is 9.10. The maximum Gasteiger partial charge on any atom is 0.243 e. The fourth-order valence-electron chi connectivity index (χ4n) is 4.79. The van der Waals surface area contributed by atoms with Gasteiger partial charge in [0.25, 0.3) is 0 Å². The quantitative estimate of drug-likeness (QED) is 0.189. The Hall–Kier alpha value is -3.20. The highest BCUT2D eigenvalue weighted by atomic mass is 16.5. The lowest BCUT2D eigenvalue weighted by Gasteiger charge is -2.24. The van der Waals surface area contributed by atoms with Gasteiger partial charge < -0.3 is 15.6 Å². The van der Waals surface area contributed by atoms with Crippen molar-refractivity contribution in [3.63, 3.8) is 0 Å². The maximum absolute atomic E-state index is 11.7. The highest BCUT2D eigenvalue weighted by Crippen LogP contribution is 2.34. The van der Waals surface area contributed by atoms with Gasteiger partial charge in [-0.15, -0.1) is 0 Å². The average Bonchev–Trinajstić information content (AvgIpc) is 3.34. The van der Waals surface area contributed by atoms with E-state index in [-0.39, 0.29) is 18.2 Å². The molecule has 9 nitrogen and oxygen atoms in total. The number of H-pyrrole nitrogens is 1. The number of anilines is 3. The highest BCUT2D eigenvalue weighted by Gasteiger charge is 2.20. The third-order valence-electron chi connectivity index (χ3n) is 6.63. The molecule has 5 N–H and O–H groups in total. The summed E-state index contributed by atoms with van der Waals surface area (Å²) >= 11 is 0. The van der Waals surface area contributed by atoms with Crippen LogP contribution < -0.4 is 16.1 Å². The molecule has 2 aromatic heterocycles. The molecule has 1 saturated carbocycles. The number of nitrogens with zero attached hydrogens (tertiary/aromatic N) is 3. The Kier molecular flexibility index (Phi) is 8.30. The van der Waals surface area contributed by atoms with Gasteiger partial charge in [-0.1, -0.05) is 57.2 Å². The van der Waals surface area contributed by atoms with Crippen molar-refractivity contribution in [2.75, 3.05) is 10.6 Å². The van der Waals surface area contributed by atoms with E-state index in [1.54, 1.807) is 11.8 Å². The molecule has 0 bridgehead atoms. The Morgan fingerprint density at radius 1 is 1.18 bits per heavy atom. The summed E-state index contributed by atoms with van der Waals surface area (Å²) in [5.41, 5.74) is 5.23. The second-order valence-corrected chi connectivity index (χ2v) is 9.10. The number of fused-ring (bicyclic) bond motifs is 1. The Morgan fingerprint density at radius 3 is 2.79 bits per heavy atom. The van der Waals surface area contributed by atoms with Crippen molar-refractivity contribution in [3.8, 4) is 0 Å². The van der Waals surface area contributed by atoms with Crippen molar-refractivity contribution in [1.29, 1.82) is 0 Å². The number of aromatic nitrogens is 4. The van der Waals surface area contributed by atoms with Crippen LogP contribution in [0.3, 0.4) is 0 Å². The molecule has 0 saturated heterocycles. The fourth-order valence-corrected chi connectivity index (χ4v) is 4.79. The summed E-state index contributed by atoms with van der Waals surface area (Å²) in [6.45, 7) is 2.16. The third kappa shape index (κ3) is 6.02. The van der Waals surface area contributed by atoms with E-state index in [0.717, 1.165) is 54.7 Å². The first-order valence-corrected chi connectivity index (χ1v) is 12.4. The van der Waals surface area contributed by atoms with Crippen LogP contribution in [0.25, 0.3) is 11.2 Å². The van der Waals surface area contributed by atoms with Crippen LogP contribution in [-0.2, 0) is 4.79 Å². The van der Waals surface area contributed by atoms with E-state index in [1.165, 1.54) is 19.3 Å². The molecule has 0 radical (unpaired) electrons. The van der Waals surface area contributed by atoms with Gasteiger partial charge in [0.2, 0.25) is 11.9 Å². The second kappa shape index (κ2) is 11.8. The van der Waals surface area contributed by atoms with Gasteiger partial charge in [-0.3, -0.25) is 10.0 Å². The molecule has 1 aromatic carbocycles. The number of imidazole rings is 1. The lowest BCUT2D eigenvalue weighted by atomic mass is 9.88. The minimum atomic E-state index is -0.363. The van der Waals surface area contributed by atoms with Gasteiger partial charge in [-0.25, -0.2) is 10.5 Å². The molecule has 0 spiro atoms. The zero-order valence-corrected chi connectivity index (χ0v) is 19.8. The SMILES string of the molecule is CCCCC(CCC(=O)NO)c1ccccc1Nc1nc(NC2CCCCC2)c2[nH]cnc2n1. The summed E-state index contributed by atoms with van der Waals surface area (Å²) < 4.78 is 0. The lowest BCUT2D eigenvalue weighted by molar-refractivity contribution is -0.129. The van der Waals surface area contributed by atoms with Gasteiger partial charge in [0.15, 0.2) is 11.5 Å². The van der Waals surface area contributed by atoms with Crippen LogP contribution in [0.5, 0.6) is 0 Å². The predicted molar refractivity (Wildman–Crippen MR) is 133 cm³/mol. The normalized spacial score (nSPS) is 15.2. The molecule has 0 aliphatic heterocycles. The van der Waals surface area contributed by atoms with Crippen molar-refractivity contribution >= 4 is 34.5 Å². The molecule has 1 amide bonds. The third-order valence-corrected chi connectivity index (χ3v) is 6.63. The molecular formula is C25H35N7O2. The minimum absolute atomic E-state index is 0.176. The Morgan fingerprint density at radius 2 is 2.00 bits per heavy atom. The molecule has 3 aromatic rings. The number of aromatic amines is 1. The average molecular weight is 466 g/mol. The topological polar surface area (TPSA) is 128 Å². The molecule has 1 aliphatic carbocycles. The molecule has 1 atom stereocenters. The first kappa shape index (κ1) is 23.9. The number of para-hydroxylation sites is 1. The van der Waals surface area contributed by atoms with Crippen LogP contribution in [0.1, 0.15) is 82.6 Å². The van der Waals surface area contributed by atoms with Gasteiger partial charge in [0, 0.05) is 18.2 Å². The van der Waals surface area contributed by atoms with E-state index >= 15 is 0 Å². The minimum Gasteiger partial charge on any atom is -0.365 e. The van der Waals surface area contributed by atoms with E-state index in [0.29, 0.717) is 24.1 Å². The maximum atomic E-state index is 11.7. The number of carbonyl (C=O) groups is 1. The smallest absolute Gasteiger partial charge is 0.243 e. The molecule has 34 heavy (non-hydrogen) atoms.